The number of aryl methyl sites for hydroxylation is 2. The molecule has 98 valence electrons. The van der Waals surface area contributed by atoms with Gasteiger partial charge in [0.1, 0.15) is 6.04 Å². The molecule has 1 aliphatic heterocycles. The molecule has 0 aromatic heterocycles. The average Bonchev–Trinajstić information content (AvgIpc) is 2.62. The number of anilines is 1. The Morgan fingerprint density at radius 3 is 2.78 bits per heavy atom. The maximum absolute atomic E-state index is 12.0. The normalized spacial score (nSPS) is 19.6. The van der Waals surface area contributed by atoms with Gasteiger partial charge in [-0.3, -0.25) is 4.79 Å². The van der Waals surface area contributed by atoms with Crippen molar-refractivity contribution in [2.24, 2.45) is 5.92 Å². The van der Waals surface area contributed by atoms with Crippen molar-refractivity contribution in [3.05, 3.63) is 28.8 Å². The fraction of sp³-hybridized carbons (Fsp3) is 0.533. The zero-order valence-corrected chi connectivity index (χ0v) is 11.6. The molecular formula is C15H22N2O. The van der Waals surface area contributed by atoms with Crippen LogP contribution in [-0.4, -0.2) is 12.5 Å². The van der Waals surface area contributed by atoms with Crippen LogP contribution < -0.4 is 10.6 Å². The first-order chi connectivity index (χ1) is 8.52. The first-order valence-corrected chi connectivity index (χ1v) is 6.68. The molecule has 0 fully saturated rings. The molecule has 1 aromatic carbocycles. The lowest BCUT2D eigenvalue weighted by atomic mass is 9.99. The monoisotopic (exact) mass is 246 g/mol. The first-order valence-electron chi connectivity index (χ1n) is 6.68. The van der Waals surface area contributed by atoms with Gasteiger partial charge in [0.05, 0.1) is 0 Å². The average molecular weight is 246 g/mol. The molecule has 2 atom stereocenters. The van der Waals surface area contributed by atoms with Crippen LogP contribution in [0.1, 0.15) is 43.0 Å². The Kier molecular flexibility index (Phi) is 3.71. The molecule has 3 nitrogen and oxygen atoms in total. The van der Waals surface area contributed by atoms with Gasteiger partial charge >= 0.3 is 0 Å². The zero-order valence-electron chi connectivity index (χ0n) is 11.6. The number of fused-ring (bicyclic) bond motifs is 1. The molecule has 1 heterocycles. The Morgan fingerprint density at radius 2 is 2.11 bits per heavy atom. The Hall–Kier alpha value is -1.35. The number of amides is 1. The quantitative estimate of drug-likeness (QED) is 0.857. The number of benzene rings is 1. The third-order valence-electron chi connectivity index (χ3n) is 3.71. The molecule has 0 saturated carbocycles. The van der Waals surface area contributed by atoms with Crippen molar-refractivity contribution in [2.75, 3.05) is 11.9 Å². The highest BCUT2D eigenvalue weighted by molar-refractivity contribution is 6.03. The molecule has 1 amide bonds. The summed E-state index contributed by atoms with van der Waals surface area (Å²) < 4.78 is 0. The van der Waals surface area contributed by atoms with Crippen molar-refractivity contribution in [3.63, 3.8) is 0 Å². The van der Waals surface area contributed by atoms with Crippen molar-refractivity contribution in [1.29, 1.82) is 0 Å². The second-order valence-electron chi connectivity index (χ2n) is 5.39. The van der Waals surface area contributed by atoms with Gasteiger partial charge in [-0.25, -0.2) is 0 Å². The molecule has 18 heavy (non-hydrogen) atoms. The summed E-state index contributed by atoms with van der Waals surface area (Å²) in [5.41, 5.74) is 4.46. The Bertz CT molecular complexity index is 468. The molecule has 0 radical (unpaired) electrons. The second-order valence-corrected chi connectivity index (χ2v) is 5.39. The van der Waals surface area contributed by atoms with Gasteiger partial charge in [0.2, 0.25) is 5.91 Å². The summed E-state index contributed by atoms with van der Waals surface area (Å²) in [4.78, 5) is 12.0. The topological polar surface area (TPSA) is 41.1 Å². The lowest BCUT2D eigenvalue weighted by Gasteiger charge is -2.16. The van der Waals surface area contributed by atoms with Gasteiger partial charge in [-0.15, -0.1) is 0 Å². The number of carbonyl (C=O) groups is 1. The maximum atomic E-state index is 12.0. The van der Waals surface area contributed by atoms with Crippen molar-refractivity contribution in [3.8, 4) is 0 Å². The van der Waals surface area contributed by atoms with Crippen LogP contribution in [-0.2, 0) is 4.79 Å². The summed E-state index contributed by atoms with van der Waals surface area (Å²) in [5, 5.41) is 6.36. The third kappa shape index (κ3) is 2.41. The van der Waals surface area contributed by atoms with E-state index in [1.165, 1.54) is 11.1 Å². The maximum Gasteiger partial charge on any atom is 0.246 e. The summed E-state index contributed by atoms with van der Waals surface area (Å²) in [6.07, 6.45) is 1.13. The summed E-state index contributed by atoms with van der Waals surface area (Å²) in [5.74, 6) is 0.662. The van der Waals surface area contributed by atoms with E-state index in [2.05, 4.69) is 44.4 Å². The molecule has 1 aromatic rings. The molecule has 2 N–H and O–H groups in total. The van der Waals surface area contributed by atoms with Gasteiger partial charge in [-0.2, -0.15) is 0 Å². The molecule has 3 heteroatoms. The van der Waals surface area contributed by atoms with Crippen LogP contribution in [0.5, 0.6) is 0 Å². The fourth-order valence-corrected chi connectivity index (χ4v) is 2.46. The van der Waals surface area contributed by atoms with Crippen LogP contribution in [0.4, 0.5) is 5.69 Å². The van der Waals surface area contributed by atoms with E-state index in [-0.39, 0.29) is 11.9 Å². The number of carbonyl (C=O) groups excluding carboxylic acids is 1. The first kappa shape index (κ1) is 13.1. The van der Waals surface area contributed by atoms with E-state index < -0.39 is 0 Å². The summed E-state index contributed by atoms with van der Waals surface area (Å²) >= 11 is 0. The molecule has 1 aliphatic rings. The molecule has 2 unspecified atom stereocenters. The standard InChI is InChI=1S/C15H22N2O/c1-5-9(2)8-16-14-13-11(4)6-10(3)7-12(13)17-15(14)18/h6-7,9,14,16H,5,8H2,1-4H3,(H,17,18). The fourth-order valence-electron chi connectivity index (χ4n) is 2.46. The van der Waals surface area contributed by atoms with Crippen molar-refractivity contribution in [1.82, 2.24) is 5.32 Å². The van der Waals surface area contributed by atoms with Gasteiger partial charge in [-0.1, -0.05) is 26.3 Å². The number of hydrogen-bond donors (Lipinski definition) is 2. The van der Waals surface area contributed by atoms with E-state index in [1.54, 1.807) is 0 Å². The minimum Gasteiger partial charge on any atom is -0.324 e. The van der Waals surface area contributed by atoms with Crippen LogP contribution in [0.15, 0.2) is 12.1 Å². The smallest absolute Gasteiger partial charge is 0.246 e. The number of rotatable bonds is 4. The van der Waals surface area contributed by atoms with E-state index in [9.17, 15) is 4.79 Å². The predicted molar refractivity (Wildman–Crippen MR) is 74.7 cm³/mol. The van der Waals surface area contributed by atoms with Crippen molar-refractivity contribution in [2.45, 2.75) is 40.2 Å². The molecule has 2 rings (SSSR count). The van der Waals surface area contributed by atoms with E-state index in [0.29, 0.717) is 5.92 Å². The van der Waals surface area contributed by atoms with E-state index in [0.717, 1.165) is 24.2 Å². The zero-order chi connectivity index (χ0) is 13.3. The van der Waals surface area contributed by atoms with E-state index >= 15 is 0 Å². The lowest BCUT2D eigenvalue weighted by molar-refractivity contribution is -0.117. The summed E-state index contributed by atoms with van der Waals surface area (Å²) in [6.45, 7) is 9.37. The third-order valence-corrected chi connectivity index (χ3v) is 3.71. The molecular weight excluding hydrogens is 224 g/mol. The molecule has 0 aliphatic carbocycles. The van der Waals surface area contributed by atoms with Gasteiger partial charge in [-0.05, 0) is 43.5 Å². The van der Waals surface area contributed by atoms with Gasteiger partial charge in [0, 0.05) is 11.3 Å². The lowest BCUT2D eigenvalue weighted by Crippen LogP contribution is -2.31. The van der Waals surface area contributed by atoms with Crippen LogP contribution in [0, 0.1) is 19.8 Å². The summed E-state index contributed by atoms with van der Waals surface area (Å²) in [7, 11) is 0. The van der Waals surface area contributed by atoms with E-state index in [1.807, 2.05) is 6.07 Å². The molecule has 0 spiro atoms. The SMILES string of the molecule is CCC(C)CNC1C(=O)Nc2cc(C)cc(C)c21. The van der Waals surface area contributed by atoms with Crippen LogP contribution in [0.3, 0.4) is 0 Å². The highest BCUT2D eigenvalue weighted by Crippen LogP contribution is 2.34. The van der Waals surface area contributed by atoms with E-state index in [4.69, 9.17) is 0 Å². The molecule has 0 bridgehead atoms. The molecule has 0 saturated heterocycles. The highest BCUT2D eigenvalue weighted by atomic mass is 16.2. The Labute approximate surface area is 109 Å². The summed E-state index contributed by atoms with van der Waals surface area (Å²) in [6, 6.07) is 4.00. The Balaban J connectivity index is 2.22. The van der Waals surface area contributed by atoms with Gasteiger partial charge in [0.15, 0.2) is 0 Å². The Morgan fingerprint density at radius 1 is 1.39 bits per heavy atom. The minimum absolute atomic E-state index is 0.0713. The minimum atomic E-state index is -0.186. The second kappa shape index (κ2) is 5.11. The van der Waals surface area contributed by atoms with Crippen LogP contribution >= 0.6 is 0 Å². The number of hydrogen-bond acceptors (Lipinski definition) is 2. The van der Waals surface area contributed by atoms with Crippen molar-refractivity contribution >= 4 is 11.6 Å². The highest BCUT2D eigenvalue weighted by Gasteiger charge is 2.31. The largest absolute Gasteiger partial charge is 0.324 e. The predicted octanol–water partition coefficient (Wildman–Crippen LogP) is 2.93. The van der Waals surface area contributed by atoms with Gasteiger partial charge in [0.25, 0.3) is 0 Å². The van der Waals surface area contributed by atoms with Gasteiger partial charge < -0.3 is 10.6 Å². The number of nitrogens with one attached hydrogen (secondary N) is 2. The van der Waals surface area contributed by atoms with Crippen molar-refractivity contribution < 1.29 is 4.79 Å². The van der Waals surface area contributed by atoms with Crippen LogP contribution in [0.25, 0.3) is 0 Å². The van der Waals surface area contributed by atoms with Crippen LogP contribution in [0.2, 0.25) is 0 Å².